The molecule has 3 amide bonds. The molecule has 1 atom stereocenters. The molecule has 2 N–H and O–H groups in total. The highest BCUT2D eigenvalue weighted by molar-refractivity contribution is 7.22. The van der Waals surface area contributed by atoms with Gasteiger partial charge in [-0.2, -0.15) is 0 Å². The number of urea groups is 1. The summed E-state index contributed by atoms with van der Waals surface area (Å²) in [7, 11) is 0. The summed E-state index contributed by atoms with van der Waals surface area (Å²) in [5, 5.41) is 6.28. The molecule has 2 saturated heterocycles. The fourth-order valence-electron chi connectivity index (χ4n) is 2.94. The number of rotatable bonds is 2. The Hall–Kier alpha value is -2.35. The molecule has 8 heteroatoms. The molecule has 2 aliphatic heterocycles. The average molecular weight is 331 g/mol. The number of hydrogen-bond acceptors (Lipinski definition) is 5. The van der Waals surface area contributed by atoms with Crippen molar-refractivity contribution < 1.29 is 9.59 Å². The van der Waals surface area contributed by atoms with Crippen LogP contribution in [-0.4, -0.2) is 60.6 Å². The van der Waals surface area contributed by atoms with Crippen molar-refractivity contribution in [2.24, 2.45) is 0 Å². The fraction of sp³-hybridized carbons (Fsp3) is 0.400. The van der Waals surface area contributed by atoms with Crippen molar-refractivity contribution in [2.75, 3.05) is 37.6 Å². The van der Waals surface area contributed by atoms with Gasteiger partial charge in [0.15, 0.2) is 5.13 Å². The number of benzene rings is 1. The first-order valence-corrected chi connectivity index (χ1v) is 8.46. The van der Waals surface area contributed by atoms with Crippen LogP contribution in [0, 0.1) is 0 Å². The first-order chi connectivity index (χ1) is 11.2. The lowest BCUT2D eigenvalue weighted by Crippen LogP contribution is -2.54. The Morgan fingerprint density at radius 3 is 2.70 bits per heavy atom. The number of anilines is 1. The molecule has 0 bridgehead atoms. The predicted octanol–water partition coefficient (Wildman–Crippen LogP) is 0.626. The zero-order valence-corrected chi connectivity index (χ0v) is 13.3. The Bertz CT molecular complexity index is 720. The number of hydrogen-bond donors (Lipinski definition) is 2. The number of amides is 3. The van der Waals surface area contributed by atoms with Crippen LogP contribution in [0.25, 0.3) is 10.2 Å². The Labute approximate surface area is 137 Å². The highest BCUT2D eigenvalue weighted by Crippen LogP contribution is 2.29. The van der Waals surface area contributed by atoms with E-state index in [4.69, 9.17) is 0 Å². The van der Waals surface area contributed by atoms with E-state index in [1.807, 2.05) is 23.1 Å². The summed E-state index contributed by atoms with van der Waals surface area (Å²) in [5.41, 5.74) is 1.02. The van der Waals surface area contributed by atoms with Crippen LogP contribution < -0.4 is 15.5 Å². The summed E-state index contributed by atoms with van der Waals surface area (Å²) >= 11 is 1.68. The fourth-order valence-corrected chi connectivity index (χ4v) is 3.96. The largest absolute Gasteiger partial charge is 0.345 e. The van der Waals surface area contributed by atoms with Gasteiger partial charge in [-0.3, -0.25) is 4.79 Å². The van der Waals surface area contributed by atoms with Gasteiger partial charge in [-0.05, 0) is 12.1 Å². The number of aromatic nitrogens is 1. The molecule has 23 heavy (non-hydrogen) atoms. The van der Waals surface area contributed by atoms with Crippen molar-refractivity contribution in [3.63, 3.8) is 0 Å². The SMILES string of the molecule is O=C1NC[C@H](C(=O)N2CCN(c3nc4ccccc4s3)CC2)N1. The molecule has 1 aromatic heterocycles. The summed E-state index contributed by atoms with van der Waals surface area (Å²) in [6.07, 6.45) is 0. The van der Waals surface area contributed by atoms with Crippen molar-refractivity contribution in [3.8, 4) is 0 Å². The number of nitrogens with one attached hydrogen (secondary N) is 2. The summed E-state index contributed by atoms with van der Waals surface area (Å²) in [6, 6.07) is 7.40. The predicted molar refractivity (Wildman–Crippen MR) is 88.7 cm³/mol. The molecule has 2 aromatic rings. The molecule has 0 saturated carbocycles. The lowest BCUT2D eigenvalue weighted by atomic mass is 10.2. The highest BCUT2D eigenvalue weighted by Gasteiger charge is 2.32. The van der Waals surface area contributed by atoms with Gasteiger partial charge in [-0.15, -0.1) is 0 Å². The lowest BCUT2D eigenvalue weighted by Gasteiger charge is -2.35. The Morgan fingerprint density at radius 1 is 1.22 bits per heavy atom. The smallest absolute Gasteiger partial charge is 0.315 e. The van der Waals surface area contributed by atoms with E-state index >= 15 is 0 Å². The molecule has 120 valence electrons. The van der Waals surface area contributed by atoms with Crippen molar-refractivity contribution in [1.82, 2.24) is 20.5 Å². The van der Waals surface area contributed by atoms with Crippen LogP contribution in [0.3, 0.4) is 0 Å². The molecular weight excluding hydrogens is 314 g/mol. The van der Waals surface area contributed by atoms with Crippen LogP contribution in [0.5, 0.6) is 0 Å². The number of carbonyl (C=O) groups excluding carboxylic acids is 2. The van der Waals surface area contributed by atoms with E-state index < -0.39 is 6.04 Å². The average Bonchev–Trinajstić information content (AvgIpc) is 3.20. The van der Waals surface area contributed by atoms with Crippen LogP contribution in [-0.2, 0) is 4.79 Å². The van der Waals surface area contributed by atoms with Gasteiger partial charge in [-0.1, -0.05) is 23.5 Å². The van der Waals surface area contributed by atoms with Gasteiger partial charge in [0.2, 0.25) is 5.91 Å². The second kappa shape index (κ2) is 5.69. The third-order valence-electron chi connectivity index (χ3n) is 4.21. The van der Waals surface area contributed by atoms with Gasteiger partial charge in [0, 0.05) is 32.7 Å². The molecule has 7 nitrogen and oxygen atoms in total. The summed E-state index contributed by atoms with van der Waals surface area (Å²) in [6.45, 7) is 3.21. The Morgan fingerprint density at radius 2 is 2.00 bits per heavy atom. The number of nitrogens with zero attached hydrogens (tertiary/aromatic N) is 3. The van der Waals surface area contributed by atoms with Crippen LogP contribution in [0.2, 0.25) is 0 Å². The van der Waals surface area contributed by atoms with Gasteiger partial charge < -0.3 is 20.4 Å². The number of fused-ring (bicyclic) bond motifs is 1. The number of para-hydroxylation sites is 1. The molecule has 0 aliphatic carbocycles. The number of piperazine rings is 1. The molecule has 2 fully saturated rings. The van der Waals surface area contributed by atoms with Gasteiger partial charge in [-0.25, -0.2) is 9.78 Å². The first kappa shape index (κ1) is 14.3. The maximum Gasteiger partial charge on any atom is 0.315 e. The zero-order valence-electron chi connectivity index (χ0n) is 12.5. The third kappa shape index (κ3) is 2.70. The number of carbonyl (C=O) groups is 2. The zero-order chi connectivity index (χ0) is 15.8. The summed E-state index contributed by atoms with van der Waals surface area (Å²) in [5.74, 6) is -0.00713. The quantitative estimate of drug-likeness (QED) is 0.846. The summed E-state index contributed by atoms with van der Waals surface area (Å²) < 4.78 is 1.18. The van der Waals surface area contributed by atoms with Crippen LogP contribution >= 0.6 is 11.3 Å². The van der Waals surface area contributed by atoms with Crippen molar-refractivity contribution in [3.05, 3.63) is 24.3 Å². The highest BCUT2D eigenvalue weighted by atomic mass is 32.1. The molecule has 0 radical (unpaired) electrons. The Kier molecular flexibility index (Phi) is 3.53. The topological polar surface area (TPSA) is 77.6 Å². The maximum atomic E-state index is 12.4. The monoisotopic (exact) mass is 331 g/mol. The van der Waals surface area contributed by atoms with Crippen LogP contribution in [0.15, 0.2) is 24.3 Å². The molecule has 3 heterocycles. The molecule has 1 aromatic carbocycles. The Balaban J connectivity index is 1.40. The minimum absolute atomic E-state index is 0.00713. The van der Waals surface area contributed by atoms with E-state index in [0.29, 0.717) is 19.6 Å². The van der Waals surface area contributed by atoms with Crippen molar-refractivity contribution >= 4 is 38.6 Å². The van der Waals surface area contributed by atoms with Gasteiger partial charge in [0.1, 0.15) is 6.04 Å². The van der Waals surface area contributed by atoms with Crippen LogP contribution in [0.1, 0.15) is 0 Å². The third-order valence-corrected chi connectivity index (χ3v) is 5.31. The second-order valence-corrected chi connectivity index (χ2v) is 6.69. The van der Waals surface area contributed by atoms with Crippen molar-refractivity contribution in [2.45, 2.75) is 6.04 Å². The van der Waals surface area contributed by atoms with Gasteiger partial charge in [0.05, 0.1) is 10.2 Å². The van der Waals surface area contributed by atoms with E-state index in [-0.39, 0.29) is 11.9 Å². The van der Waals surface area contributed by atoms with E-state index in [2.05, 4.69) is 26.6 Å². The lowest BCUT2D eigenvalue weighted by molar-refractivity contribution is -0.132. The number of thiazole rings is 1. The normalized spacial score (nSPS) is 21.4. The minimum atomic E-state index is -0.434. The van der Waals surface area contributed by atoms with Crippen molar-refractivity contribution in [1.29, 1.82) is 0 Å². The van der Waals surface area contributed by atoms with E-state index in [9.17, 15) is 9.59 Å². The molecule has 0 spiro atoms. The maximum absolute atomic E-state index is 12.4. The van der Waals surface area contributed by atoms with Crippen LogP contribution in [0.4, 0.5) is 9.93 Å². The van der Waals surface area contributed by atoms with E-state index in [0.717, 1.165) is 23.7 Å². The van der Waals surface area contributed by atoms with E-state index in [1.54, 1.807) is 11.3 Å². The van der Waals surface area contributed by atoms with Gasteiger partial charge in [0.25, 0.3) is 0 Å². The molecule has 4 rings (SSSR count). The standard InChI is InChI=1S/C15H17N5O2S/c21-13(11-9-16-14(22)17-11)19-5-7-20(8-6-19)15-18-10-3-1-2-4-12(10)23-15/h1-4,11H,5-9H2,(H2,16,17,22)/t11-/m1/s1. The molecule has 2 aliphatic rings. The summed E-state index contributed by atoms with van der Waals surface area (Å²) in [4.78, 5) is 32.2. The minimum Gasteiger partial charge on any atom is -0.345 e. The molecule has 0 unspecified atom stereocenters. The van der Waals surface area contributed by atoms with E-state index in [1.165, 1.54) is 4.70 Å². The first-order valence-electron chi connectivity index (χ1n) is 7.64. The second-order valence-electron chi connectivity index (χ2n) is 5.68. The molecular formula is C15H17N5O2S. The van der Waals surface area contributed by atoms with Gasteiger partial charge >= 0.3 is 6.03 Å².